The summed E-state index contributed by atoms with van der Waals surface area (Å²) in [5.41, 5.74) is 0.343. The van der Waals surface area contributed by atoms with E-state index in [-0.39, 0.29) is 29.5 Å². The molecule has 0 atom stereocenters. The number of ether oxygens (including phenoxy) is 2. The van der Waals surface area contributed by atoms with E-state index in [2.05, 4.69) is 55.1 Å². The van der Waals surface area contributed by atoms with Gasteiger partial charge in [-0.3, -0.25) is 4.79 Å². The van der Waals surface area contributed by atoms with E-state index in [4.69, 9.17) is 9.47 Å². The molecule has 0 saturated heterocycles. The monoisotopic (exact) mass is 431 g/mol. The molecule has 0 bridgehead atoms. The van der Waals surface area contributed by atoms with Crippen LogP contribution in [0.2, 0.25) is 0 Å². The zero-order valence-corrected chi connectivity index (χ0v) is 18.1. The molecule has 4 nitrogen and oxygen atoms in total. The van der Waals surface area contributed by atoms with E-state index in [9.17, 15) is 9.59 Å². The number of carbonyl (C=O) groups is 2. The van der Waals surface area contributed by atoms with Crippen molar-refractivity contribution in [1.29, 1.82) is 0 Å². The van der Waals surface area contributed by atoms with Gasteiger partial charge in [0.25, 0.3) is 0 Å². The van der Waals surface area contributed by atoms with Gasteiger partial charge in [-0.15, -0.1) is 0 Å². The maximum Gasteiger partial charge on any atom is 0.333 e. The Balaban J connectivity index is 1.46. The molecule has 0 spiro atoms. The fourth-order valence-corrected chi connectivity index (χ4v) is 5.82. The highest BCUT2D eigenvalue weighted by molar-refractivity contribution is 7.50. The summed E-state index contributed by atoms with van der Waals surface area (Å²) in [7, 11) is -0.172. The van der Waals surface area contributed by atoms with Gasteiger partial charge in [-0.25, -0.2) is 4.79 Å². The van der Waals surface area contributed by atoms with Crippen molar-refractivity contribution in [2.45, 2.75) is 19.8 Å². The molecule has 0 radical (unpaired) electrons. The first kappa shape index (κ1) is 20.8. The molecule has 1 heterocycles. The van der Waals surface area contributed by atoms with Crippen LogP contribution in [-0.2, 0) is 14.3 Å². The van der Waals surface area contributed by atoms with E-state index in [1.54, 1.807) is 6.92 Å². The molecule has 0 fully saturated rings. The van der Waals surface area contributed by atoms with E-state index >= 15 is 0 Å². The van der Waals surface area contributed by atoms with E-state index in [0.717, 1.165) is 0 Å². The molecule has 31 heavy (non-hydrogen) atoms. The third-order valence-corrected chi connectivity index (χ3v) is 7.24. The zero-order chi connectivity index (χ0) is 21.8. The average molecular weight is 432 g/mol. The summed E-state index contributed by atoms with van der Waals surface area (Å²) in [5, 5.41) is 2.56. The second-order valence-corrected chi connectivity index (χ2v) is 9.23. The highest BCUT2D eigenvalue weighted by atomic mass is 32.2. The maximum atomic E-state index is 12.1. The minimum Gasteiger partial charge on any atom is -0.462 e. The van der Waals surface area contributed by atoms with Gasteiger partial charge in [0, 0.05) is 45.4 Å². The molecular weight excluding hydrogens is 408 g/mol. The van der Waals surface area contributed by atoms with Crippen molar-refractivity contribution < 1.29 is 19.1 Å². The van der Waals surface area contributed by atoms with Gasteiger partial charge in [0.05, 0.1) is 6.61 Å². The van der Waals surface area contributed by atoms with Gasteiger partial charge in [-0.2, -0.15) is 0 Å². The Morgan fingerprint density at radius 1 is 0.871 bits per heavy atom. The molecule has 0 N–H and O–H groups in total. The standard InChI is InChI=1S/C26H23O4S/c1-18(2)26(28)29-17-7-12-25(27)30-19-13-15-20(16-14-19)31-23-10-5-3-8-21(23)22-9-4-6-11-24(22)31/h3-6,8-11,13-16H,1,7,12,17H2,2H3/q+1. The van der Waals surface area contributed by atoms with Crippen molar-refractivity contribution >= 4 is 42.6 Å². The Labute approximate surface area is 183 Å². The normalized spacial score (nSPS) is 10.9. The first-order valence-electron chi connectivity index (χ1n) is 10.1. The van der Waals surface area contributed by atoms with Crippen molar-refractivity contribution in [3.05, 3.63) is 84.9 Å². The predicted octanol–water partition coefficient (Wildman–Crippen LogP) is 6.54. The Bertz CT molecular complexity index is 1210. The lowest BCUT2D eigenvalue weighted by atomic mass is 10.2. The fraction of sp³-hybridized carbons (Fsp3) is 0.154. The average Bonchev–Trinajstić information content (AvgIpc) is 3.11. The maximum absolute atomic E-state index is 12.1. The topological polar surface area (TPSA) is 52.6 Å². The lowest BCUT2D eigenvalue weighted by Crippen LogP contribution is -2.11. The summed E-state index contributed by atoms with van der Waals surface area (Å²) in [5.74, 6) is -0.282. The Morgan fingerprint density at radius 2 is 1.45 bits per heavy atom. The van der Waals surface area contributed by atoms with Crippen molar-refractivity contribution in [3.63, 3.8) is 0 Å². The highest BCUT2D eigenvalue weighted by Gasteiger charge is 2.23. The van der Waals surface area contributed by atoms with Gasteiger partial charge >= 0.3 is 11.9 Å². The Kier molecular flexibility index (Phi) is 6.14. The molecule has 3 aromatic carbocycles. The number of fused-ring (bicyclic) bond motifs is 3. The summed E-state index contributed by atoms with van der Waals surface area (Å²) in [6.07, 6.45) is 0.587. The molecule has 0 aliphatic rings. The third-order valence-electron chi connectivity index (χ3n) is 4.90. The lowest BCUT2D eigenvalue weighted by molar-refractivity contribution is -0.141. The number of hydrogen-bond donors (Lipinski definition) is 0. The number of hydrogen-bond acceptors (Lipinski definition) is 4. The van der Waals surface area contributed by atoms with Crippen LogP contribution in [0.3, 0.4) is 0 Å². The summed E-state index contributed by atoms with van der Waals surface area (Å²) < 4.78 is 13.1. The van der Waals surface area contributed by atoms with E-state index in [0.29, 0.717) is 17.7 Å². The van der Waals surface area contributed by atoms with Gasteiger partial charge in [0.2, 0.25) is 0 Å². The van der Waals surface area contributed by atoms with Gasteiger partial charge in [0.15, 0.2) is 14.3 Å². The second kappa shape index (κ2) is 9.14. The lowest BCUT2D eigenvalue weighted by Gasteiger charge is -2.05. The number of rotatable bonds is 7. The first-order chi connectivity index (χ1) is 15.0. The van der Waals surface area contributed by atoms with Crippen molar-refractivity contribution in [2.75, 3.05) is 6.61 Å². The number of thiophene rings is 1. The van der Waals surface area contributed by atoms with Crippen molar-refractivity contribution in [2.24, 2.45) is 0 Å². The van der Waals surface area contributed by atoms with Crippen LogP contribution in [0.15, 0.2) is 84.9 Å². The zero-order valence-electron chi connectivity index (χ0n) is 17.3. The van der Waals surface area contributed by atoms with Crippen LogP contribution in [0.25, 0.3) is 25.1 Å². The van der Waals surface area contributed by atoms with Crippen molar-refractivity contribution in [1.82, 2.24) is 0 Å². The highest BCUT2D eigenvalue weighted by Crippen LogP contribution is 2.48. The Hall–Kier alpha value is -3.44. The number of esters is 2. The summed E-state index contributed by atoms with van der Waals surface area (Å²) in [4.78, 5) is 24.6. The fourth-order valence-electron chi connectivity index (χ4n) is 3.44. The van der Waals surface area contributed by atoms with Crippen LogP contribution >= 0.6 is 10.5 Å². The summed E-state index contributed by atoms with van der Waals surface area (Å²) in [6, 6.07) is 24.8. The summed E-state index contributed by atoms with van der Waals surface area (Å²) in [6.45, 7) is 5.27. The molecule has 0 saturated carbocycles. The van der Waals surface area contributed by atoms with Gasteiger partial charge < -0.3 is 9.47 Å². The molecule has 1 aromatic heterocycles. The number of carbonyl (C=O) groups excluding carboxylic acids is 2. The van der Waals surface area contributed by atoms with Gasteiger partial charge in [-0.05, 0) is 49.7 Å². The van der Waals surface area contributed by atoms with Crippen LogP contribution in [0.1, 0.15) is 19.8 Å². The minimum atomic E-state index is -0.445. The molecular formula is C26H23O4S+. The largest absolute Gasteiger partial charge is 0.462 e. The quantitative estimate of drug-likeness (QED) is 0.110. The molecule has 0 unspecified atom stereocenters. The third kappa shape index (κ3) is 4.52. The van der Waals surface area contributed by atoms with Crippen LogP contribution in [0.4, 0.5) is 0 Å². The molecule has 4 aromatic rings. The first-order valence-corrected chi connectivity index (χ1v) is 11.3. The molecule has 0 amide bonds. The van der Waals surface area contributed by atoms with E-state index in [1.807, 2.05) is 24.3 Å². The summed E-state index contributed by atoms with van der Waals surface area (Å²) >= 11 is 0. The molecule has 4 rings (SSSR count). The SMILES string of the molecule is C=C(C)C(=O)OCCCC(=O)Oc1ccc(-[s+]2c3ccccc3c3ccccc32)cc1. The molecule has 5 heteroatoms. The van der Waals surface area contributed by atoms with Crippen molar-refractivity contribution in [3.8, 4) is 10.6 Å². The second-order valence-electron chi connectivity index (χ2n) is 7.26. The minimum absolute atomic E-state index is 0.168. The van der Waals surface area contributed by atoms with Crippen LogP contribution in [0, 0.1) is 0 Å². The Morgan fingerprint density at radius 3 is 2.03 bits per heavy atom. The smallest absolute Gasteiger partial charge is 0.333 e. The van der Waals surface area contributed by atoms with Gasteiger partial charge in [-0.1, -0.05) is 30.8 Å². The molecule has 0 aliphatic heterocycles. The van der Waals surface area contributed by atoms with E-state index < -0.39 is 5.97 Å². The molecule has 0 aliphatic carbocycles. The number of benzene rings is 3. The predicted molar refractivity (Wildman–Crippen MR) is 126 cm³/mol. The van der Waals surface area contributed by atoms with Crippen LogP contribution in [0.5, 0.6) is 5.75 Å². The van der Waals surface area contributed by atoms with Crippen LogP contribution < -0.4 is 4.74 Å². The molecule has 156 valence electrons. The van der Waals surface area contributed by atoms with E-state index in [1.165, 1.54) is 25.1 Å². The van der Waals surface area contributed by atoms with Gasteiger partial charge in [0.1, 0.15) is 5.75 Å². The van der Waals surface area contributed by atoms with Crippen LogP contribution in [-0.4, -0.2) is 18.5 Å².